The third-order valence-corrected chi connectivity index (χ3v) is 6.09. The summed E-state index contributed by atoms with van der Waals surface area (Å²) >= 11 is 7.62. The van der Waals surface area contributed by atoms with Crippen molar-refractivity contribution >= 4 is 35.0 Å². The van der Waals surface area contributed by atoms with Gasteiger partial charge in [0.05, 0.1) is 11.4 Å². The minimum atomic E-state index is 0.0777. The number of rotatable bonds is 4. The minimum absolute atomic E-state index is 0.0777. The van der Waals surface area contributed by atoms with E-state index in [9.17, 15) is 4.79 Å². The first-order chi connectivity index (χ1) is 13.0. The van der Waals surface area contributed by atoms with Crippen molar-refractivity contribution < 1.29 is 4.79 Å². The van der Waals surface area contributed by atoms with Crippen molar-refractivity contribution in [2.24, 2.45) is 0 Å². The zero-order chi connectivity index (χ0) is 19.0. The van der Waals surface area contributed by atoms with Crippen LogP contribution in [0, 0.1) is 6.92 Å². The number of aryl methyl sites for hydroxylation is 1. The van der Waals surface area contributed by atoms with Crippen LogP contribution >= 0.6 is 23.4 Å². The molecule has 1 aliphatic heterocycles. The molecule has 1 amide bonds. The predicted octanol–water partition coefficient (Wildman–Crippen LogP) is 4.30. The normalized spacial score (nSPS) is 15.8. The Morgan fingerprint density at radius 3 is 2.93 bits per heavy atom. The number of fused-ring (bicyclic) bond motifs is 1. The summed E-state index contributed by atoms with van der Waals surface area (Å²) in [5.74, 6) is 0.380. The van der Waals surface area contributed by atoms with Gasteiger partial charge in [-0.05, 0) is 49.6 Å². The maximum atomic E-state index is 12.9. The van der Waals surface area contributed by atoms with Crippen LogP contribution in [0.4, 0.5) is 5.69 Å². The number of amides is 1. The Bertz CT molecular complexity index is 1000. The van der Waals surface area contributed by atoms with Crippen LogP contribution in [0.2, 0.25) is 5.02 Å². The zero-order valence-electron chi connectivity index (χ0n) is 15.1. The van der Waals surface area contributed by atoms with Crippen LogP contribution in [0.5, 0.6) is 0 Å². The summed E-state index contributed by atoms with van der Waals surface area (Å²) in [5, 5.41) is 9.53. The van der Waals surface area contributed by atoms with E-state index in [0.717, 1.165) is 23.4 Å². The summed E-state index contributed by atoms with van der Waals surface area (Å²) in [4.78, 5) is 14.8. The Kier molecular flexibility index (Phi) is 4.93. The fourth-order valence-electron chi connectivity index (χ4n) is 3.37. The lowest BCUT2D eigenvalue weighted by Gasteiger charge is -2.22. The van der Waals surface area contributed by atoms with E-state index in [4.69, 9.17) is 11.6 Å². The largest absolute Gasteiger partial charge is 0.308 e. The highest BCUT2D eigenvalue weighted by molar-refractivity contribution is 7.99. The average Bonchev–Trinajstić information content (AvgIpc) is 3.25. The summed E-state index contributed by atoms with van der Waals surface area (Å²) in [6.45, 7) is 4.04. The number of benzene rings is 2. The van der Waals surface area contributed by atoms with E-state index < -0.39 is 0 Å². The van der Waals surface area contributed by atoms with Crippen molar-refractivity contribution in [1.29, 1.82) is 0 Å². The fraction of sp³-hybridized carbons (Fsp3) is 0.250. The van der Waals surface area contributed by atoms with E-state index >= 15 is 0 Å². The SMILES string of the molecule is Cc1ccc(-n2cnnc2SCC(=O)N2c3ccccc3CC2C)cc1Cl. The van der Waals surface area contributed by atoms with Gasteiger partial charge in [0, 0.05) is 16.8 Å². The molecular formula is C20H19ClN4OS. The van der Waals surface area contributed by atoms with Gasteiger partial charge >= 0.3 is 0 Å². The lowest BCUT2D eigenvalue weighted by molar-refractivity contribution is -0.116. The molecule has 1 aliphatic rings. The molecule has 2 aromatic carbocycles. The van der Waals surface area contributed by atoms with E-state index in [0.29, 0.717) is 15.9 Å². The van der Waals surface area contributed by atoms with Crippen molar-refractivity contribution in [3.8, 4) is 5.69 Å². The Hall–Kier alpha value is -2.31. The van der Waals surface area contributed by atoms with E-state index in [-0.39, 0.29) is 11.9 Å². The fourth-order valence-corrected chi connectivity index (χ4v) is 4.34. The van der Waals surface area contributed by atoms with Crippen molar-refractivity contribution in [3.63, 3.8) is 0 Å². The molecule has 138 valence electrons. The van der Waals surface area contributed by atoms with E-state index in [2.05, 4.69) is 23.2 Å². The average molecular weight is 399 g/mol. The number of thioether (sulfide) groups is 1. The van der Waals surface area contributed by atoms with Crippen molar-refractivity contribution in [2.75, 3.05) is 10.7 Å². The zero-order valence-corrected chi connectivity index (χ0v) is 16.7. The van der Waals surface area contributed by atoms with Gasteiger partial charge in [0.25, 0.3) is 0 Å². The second kappa shape index (κ2) is 7.37. The van der Waals surface area contributed by atoms with Gasteiger partial charge in [-0.1, -0.05) is 47.6 Å². The summed E-state index contributed by atoms with van der Waals surface area (Å²) in [6.07, 6.45) is 2.53. The summed E-state index contributed by atoms with van der Waals surface area (Å²) in [6, 6.07) is 14.1. The van der Waals surface area contributed by atoms with Gasteiger partial charge in [0.1, 0.15) is 6.33 Å². The topological polar surface area (TPSA) is 51.0 Å². The molecule has 0 saturated carbocycles. The number of carbonyl (C=O) groups is 1. The summed E-state index contributed by atoms with van der Waals surface area (Å²) < 4.78 is 1.85. The second-order valence-corrected chi connectivity index (χ2v) is 8.00. The molecule has 0 spiro atoms. The van der Waals surface area contributed by atoms with Gasteiger partial charge in [-0.15, -0.1) is 10.2 Å². The molecule has 1 atom stereocenters. The molecule has 0 bridgehead atoms. The number of hydrogen-bond donors (Lipinski definition) is 0. The van der Waals surface area contributed by atoms with Crippen LogP contribution < -0.4 is 4.90 Å². The summed E-state index contributed by atoms with van der Waals surface area (Å²) in [7, 11) is 0. The van der Waals surface area contributed by atoms with Gasteiger partial charge in [-0.2, -0.15) is 0 Å². The van der Waals surface area contributed by atoms with Crippen LogP contribution in [0.25, 0.3) is 5.69 Å². The number of anilines is 1. The van der Waals surface area contributed by atoms with Gasteiger partial charge in [0.15, 0.2) is 5.16 Å². The summed E-state index contributed by atoms with van der Waals surface area (Å²) in [5.41, 5.74) is 4.13. The molecule has 3 aromatic rings. The first-order valence-electron chi connectivity index (χ1n) is 8.74. The van der Waals surface area contributed by atoms with Gasteiger partial charge in [-0.25, -0.2) is 0 Å². The molecule has 0 aliphatic carbocycles. The van der Waals surface area contributed by atoms with Crippen LogP contribution in [0.3, 0.4) is 0 Å². The maximum Gasteiger partial charge on any atom is 0.237 e. The lowest BCUT2D eigenvalue weighted by Crippen LogP contribution is -2.37. The standard InChI is InChI=1S/C20H19ClN4OS/c1-13-7-8-16(10-17(13)21)24-12-22-23-20(24)27-11-19(26)25-14(2)9-15-5-3-4-6-18(15)25/h3-8,10,12,14H,9,11H2,1-2H3. The highest BCUT2D eigenvalue weighted by atomic mass is 35.5. The Morgan fingerprint density at radius 2 is 2.11 bits per heavy atom. The lowest BCUT2D eigenvalue weighted by atomic mass is 10.1. The Balaban J connectivity index is 1.51. The van der Waals surface area contributed by atoms with Crippen molar-refractivity contribution in [1.82, 2.24) is 14.8 Å². The highest BCUT2D eigenvalue weighted by Gasteiger charge is 2.30. The molecule has 1 unspecified atom stereocenters. The van der Waals surface area contributed by atoms with Gasteiger partial charge in [0.2, 0.25) is 5.91 Å². The highest BCUT2D eigenvalue weighted by Crippen LogP contribution is 2.33. The van der Waals surface area contributed by atoms with E-state index in [1.165, 1.54) is 17.3 Å². The second-order valence-electron chi connectivity index (χ2n) is 6.65. The third-order valence-electron chi connectivity index (χ3n) is 4.75. The van der Waals surface area contributed by atoms with Crippen molar-refractivity contribution in [3.05, 3.63) is 64.9 Å². The molecule has 0 saturated heterocycles. The maximum absolute atomic E-state index is 12.9. The molecule has 4 rings (SSSR count). The van der Waals surface area contributed by atoms with Crippen molar-refractivity contribution in [2.45, 2.75) is 31.5 Å². The number of nitrogens with zero attached hydrogens (tertiary/aromatic N) is 4. The molecule has 0 N–H and O–H groups in total. The molecule has 2 heterocycles. The van der Waals surface area contributed by atoms with Crippen LogP contribution in [0.1, 0.15) is 18.1 Å². The van der Waals surface area contributed by atoms with Crippen LogP contribution in [-0.2, 0) is 11.2 Å². The molecule has 27 heavy (non-hydrogen) atoms. The predicted molar refractivity (Wildman–Crippen MR) is 109 cm³/mol. The third kappa shape index (κ3) is 3.47. The van der Waals surface area contributed by atoms with Gasteiger partial charge < -0.3 is 4.90 Å². The number of hydrogen-bond acceptors (Lipinski definition) is 4. The number of halogens is 1. The first-order valence-corrected chi connectivity index (χ1v) is 10.1. The smallest absolute Gasteiger partial charge is 0.237 e. The molecule has 1 aromatic heterocycles. The van der Waals surface area contributed by atoms with Gasteiger partial charge in [-0.3, -0.25) is 9.36 Å². The Morgan fingerprint density at radius 1 is 1.30 bits per heavy atom. The minimum Gasteiger partial charge on any atom is -0.308 e. The first kappa shape index (κ1) is 18.1. The molecule has 0 fully saturated rings. The molecular weight excluding hydrogens is 380 g/mol. The molecule has 7 heteroatoms. The molecule has 0 radical (unpaired) electrons. The van der Waals surface area contributed by atoms with E-state index in [1.807, 2.05) is 52.8 Å². The quantitative estimate of drug-likeness (QED) is 0.615. The molecule has 5 nitrogen and oxygen atoms in total. The van der Waals surface area contributed by atoms with E-state index in [1.54, 1.807) is 6.33 Å². The Labute approximate surface area is 167 Å². The van der Waals surface area contributed by atoms with Crippen LogP contribution in [0.15, 0.2) is 53.9 Å². The monoisotopic (exact) mass is 398 g/mol. The number of para-hydroxylation sites is 1. The number of carbonyl (C=O) groups excluding carboxylic acids is 1. The van der Waals surface area contributed by atoms with Crippen LogP contribution in [-0.4, -0.2) is 32.5 Å². The number of aromatic nitrogens is 3.